The molecule has 0 saturated carbocycles. The first-order valence-corrected chi connectivity index (χ1v) is 32.8. The molecule has 0 amide bonds. The van der Waals surface area contributed by atoms with Crippen LogP contribution in [0.25, 0.3) is 44.5 Å². The summed E-state index contributed by atoms with van der Waals surface area (Å²) in [6, 6.07) is 19.3. The van der Waals surface area contributed by atoms with Crippen LogP contribution in [0.1, 0.15) is 297 Å². The van der Waals surface area contributed by atoms with Crippen LogP contribution in [0.4, 0.5) is 0 Å². The minimum atomic E-state index is -0.559. The standard InChI is InChI=1S/C82H118O2S/c1-45-37-51(73(7,8)9)61(52(38-45)74(10,11)12)59-49(5)71(65(67(69(59)83)81(31,32)33)63-55(77(19,20)21)41-47(3)42-56(63)78(22,23)24)85-72-50(6)60(62-53(75(13,14)15)39-46(2)40-54(62)76(16,17)18)70(84)68(82(34,35)36)66(72)64-57(79(25,26)27)43-48(4)44-58(64)80(28,29)30/h37-44,83-84H,1-36H3. The Morgan fingerprint density at radius 1 is 0.224 bits per heavy atom. The molecule has 0 aliphatic rings. The van der Waals surface area contributed by atoms with Gasteiger partial charge in [-0.3, -0.25) is 0 Å². The Morgan fingerprint density at radius 3 is 0.518 bits per heavy atom. The summed E-state index contributed by atoms with van der Waals surface area (Å²) in [4.78, 5) is 2.27. The molecular formula is C82H118O2S. The summed E-state index contributed by atoms with van der Waals surface area (Å²) in [6.07, 6.45) is 0. The van der Waals surface area contributed by atoms with Crippen molar-refractivity contribution in [2.75, 3.05) is 0 Å². The monoisotopic (exact) mass is 1170 g/mol. The molecule has 85 heavy (non-hydrogen) atoms. The van der Waals surface area contributed by atoms with Gasteiger partial charge in [-0.25, -0.2) is 0 Å². The Morgan fingerprint density at radius 2 is 0.376 bits per heavy atom. The lowest BCUT2D eigenvalue weighted by molar-refractivity contribution is 0.446. The second-order valence-electron chi connectivity index (χ2n) is 36.4. The van der Waals surface area contributed by atoms with Crippen molar-refractivity contribution < 1.29 is 10.2 Å². The van der Waals surface area contributed by atoms with Gasteiger partial charge in [0.1, 0.15) is 11.5 Å². The molecule has 0 bridgehead atoms. The first-order valence-electron chi connectivity index (χ1n) is 32.0. The maximum absolute atomic E-state index is 14.3. The number of aromatic hydroxyl groups is 2. The van der Waals surface area contributed by atoms with E-state index in [-0.39, 0.29) is 43.3 Å². The van der Waals surface area contributed by atoms with E-state index in [9.17, 15) is 10.2 Å². The van der Waals surface area contributed by atoms with Gasteiger partial charge in [0.2, 0.25) is 0 Å². The topological polar surface area (TPSA) is 40.5 Å². The summed E-state index contributed by atoms with van der Waals surface area (Å²) in [5.74, 6) is 0.715. The van der Waals surface area contributed by atoms with Crippen molar-refractivity contribution in [2.45, 2.75) is 313 Å². The lowest BCUT2D eigenvalue weighted by Crippen LogP contribution is -2.24. The number of phenolic OH excluding ortho intramolecular Hbond substituents is 2. The molecule has 0 saturated heterocycles. The van der Waals surface area contributed by atoms with Crippen molar-refractivity contribution in [1.29, 1.82) is 0 Å². The van der Waals surface area contributed by atoms with Gasteiger partial charge in [0.05, 0.1) is 0 Å². The molecule has 0 atom stereocenters. The largest absolute Gasteiger partial charge is 0.507 e. The molecular weight excluding hydrogens is 1050 g/mol. The van der Waals surface area contributed by atoms with Crippen LogP contribution >= 0.6 is 11.8 Å². The number of rotatable bonds is 6. The quantitative estimate of drug-likeness (QED) is 0.175. The predicted molar refractivity (Wildman–Crippen MR) is 378 cm³/mol. The normalized spacial score (nSPS) is 13.8. The molecule has 464 valence electrons. The van der Waals surface area contributed by atoms with Crippen molar-refractivity contribution in [1.82, 2.24) is 0 Å². The first kappa shape index (κ1) is 69.4. The smallest absolute Gasteiger partial charge is 0.128 e. The van der Waals surface area contributed by atoms with Gasteiger partial charge in [-0.05, 0) is 174 Å². The lowest BCUT2D eigenvalue weighted by atomic mass is 9.68. The average molecular weight is 1170 g/mol. The van der Waals surface area contributed by atoms with E-state index in [1.807, 2.05) is 11.8 Å². The summed E-state index contributed by atoms with van der Waals surface area (Å²) in [5.41, 5.74) is 24.2. The highest BCUT2D eigenvalue weighted by Gasteiger charge is 2.43. The van der Waals surface area contributed by atoms with Crippen LogP contribution in [0, 0.1) is 41.5 Å². The molecule has 0 aromatic heterocycles. The van der Waals surface area contributed by atoms with Gasteiger partial charge in [0.15, 0.2) is 0 Å². The number of aryl methyl sites for hydroxylation is 4. The second-order valence-corrected chi connectivity index (χ2v) is 37.4. The Balaban J connectivity index is 2.23. The van der Waals surface area contributed by atoms with Gasteiger partial charge in [0, 0.05) is 43.2 Å². The Hall–Kier alpha value is -4.73. The van der Waals surface area contributed by atoms with Crippen molar-refractivity contribution >= 4 is 11.8 Å². The van der Waals surface area contributed by atoms with Gasteiger partial charge >= 0.3 is 0 Å². The van der Waals surface area contributed by atoms with Crippen LogP contribution in [0.3, 0.4) is 0 Å². The fourth-order valence-corrected chi connectivity index (χ4v) is 14.9. The Kier molecular flexibility index (Phi) is 18.0. The zero-order valence-corrected chi connectivity index (χ0v) is 61.7. The van der Waals surface area contributed by atoms with Crippen molar-refractivity contribution in [3.05, 3.63) is 138 Å². The van der Waals surface area contributed by atoms with E-state index in [0.29, 0.717) is 11.5 Å². The number of benzene rings is 6. The molecule has 0 heterocycles. The fourth-order valence-electron chi connectivity index (χ4n) is 13.5. The van der Waals surface area contributed by atoms with E-state index in [2.05, 4.69) is 298 Å². The fraction of sp³-hybridized carbons (Fsp3) is 0.561. The molecule has 6 rings (SSSR count). The molecule has 0 aliphatic heterocycles. The lowest BCUT2D eigenvalue weighted by Gasteiger charge is -2.39. The molecule has 0 fully saturated rings. The summed E-state index contributed by atoms with van der Waals surface area (Å²) in [7, 11) is 0. The highest BCUT2D eigenvalue weighted by atomic mass is 32.2. The van der Waals surface area contributed by atoms with Crippen LogP contribution in [-0.4, -0.2) is 10.2 Å². The zero-order valence-electron chi connectivity index (χ0n) is 60.9. The van der Waals surface area contributed by atoms with E-state index < -0.39 is 10.8 Å². The average Bonchev–Trinajstić information content (AvgIpc) is 1.07. The van der Waals surface area contributed by atoms with Crippen LogP contribution in [0.5, 0.6) is 11.5 Å². The van der Waals surface area contributed by atoms with E-state index in [1.54, 1.807) is 0 Å². The second kappa shape index (κ2) is 22.1. The third-order valence-electron chi connectivity index (χ3n) is 17.6. The molecule has 2 nitrogen and oxygen atoms in total. The van der Waals surface area contributed by atoms with E-state index >= 15 is 0 Å². The van der Waals surface area contributed by atoms with Gasteiger partial charge in [-0.1, -0.05) is 290 Å². The van der Waals surface area contributed by atoms with E-state index in [4.69, 9.17) is 0 Å². The number of hydrogen-bond acceptors (Lipinski definition) is 3. The van der Waals surface area contributed by atoms with Crippen LogP contribution in [-0.2, 0) is 54.1 Å². The highest BCUT2D eigenvalue weighted by molar-refractivity contribution is 7.99. The third-order valence-corrected chi connectivity index (χ3v) is 19.1. The molecule has 3 heteroatoms. The number of hydrogen-bond donors (Lipinski definition) is 2. The van der Waals surface area contributed by atoms with Crippen LogP contribution < -0.4 is 0 Å². The van der Waals surface area contributed by atoms with Crippen molar-refractivity contribution in [3.8, 4) is 56.0 Å². The summed E-state index contributed by atoms with van der Waals surface area (Å²) >= 11 is 1.90. The summed E-state index contributed by atoms with van der Waals surface area (Å²) in [6.45, 7) is 83.9. The SMILES string of the molecule is Cc1cc(C(C)(C)C)c(-c2c(C)c(Sc3c(C)c(-c4c(C(C)(C)C)cc(C)cc4C(C)(C)C)c(O)c(C(C)(C)C)c3-c3c(C(C)(C)C)cc(C)cc3C(C)(C)C)c(-c3c(C(C)(C)C)cc(C)cc3C(C)(C)C)c(C(C)(C)C)c2O)c(C(C)(C)C)c1. The van der Waals surface area contributed by atoms with E-state index in [0.717, 1.165) is 65.4 Å². The summed E-state index contributed by atoms with van der Waals surface area (Å²) in [5, 5.41) is 28.6. The molecule has 0 spiro atoms. The molecule has 6 aromatic carbocycles. The highest BCUT2D eigenvalue weighted by Crippen LogP contribution is 2.63. The van der Waals surface area contributed by atoms with Gasteiger partial charge in [-0.15, -0.1) is 0 Å². The minimum absolute atomic E-state index is 0.275. The third kappa shape index (κ3) is 13.5. The van der Waals surface area contributed by atoms with Gasteiger partial charge < -0.3 is 10.2 Å². The number of phenols is 2. The minimum Gasteiger partial charge on any atom is -0.507 e. The van der Waals surface area contributed by atoms with Crippen LogP contribution in [0.2, 0.25) is 0 Å². The van der Waals surface area contributed by atoms with E-state index in [1.165, 1.54) is 77.9 Å². The molecule has 0 unspecified atom stereocenters. The Labute approximate surface area is 525 Å². The van der Waals surface area contributed by atoms with Crippen molar-refractivity contribution in [2.24, 2.45) is 0 Å². The maximum Gasteiger partial charge on any atom is 0.128 e. The Bertz CT molecular complexity index is 3210. The molecule has 0 radical (unpaired) electrons. The van der Waals surface area contributed by atoms with Crippen LogP contribution in [0.15, 0.2) is 58.3 Å². The molecule has 6 aromatic rings. The van der Waals surface area contributed by atoms with Gasteiger partial charge in [-0.2, -0.15) is 0 Å². The van der Waals surface area contributed by atoms with Crippen molar-refractivity contribution in [3.63, 3.8) is 0 Å². The first-order chi connectivity index (χ1) is 37.9. The predicted octanol–water partition coefficient (Wildman–Crippen LogP) is 24.7. The molecule has 0 aliphatic carbocycles. The maximum atomic E-state index is 14.3. The zero-order chi connectivity index (χ0) is 65.5. The molecule has 2 N–H and O–H groups in total. The van der Waals surface area contributed by atoms with Gasteiger partial charge in [0.25, 0.3) is 0 Å². The summed E-state index contributed by atoms with van der Waals surface area (Å²) < 4.78 is 0.